The lowest BCUT2D eigenvalue weighted by Crippen LogP contribution is -2.48. The first-order valence-corrected chi connectivity index (χ1v) is 10.1. The van der Waals surface area contributed by atoms with E-state index in [1.54, 1.807) is 0 Å². The Bertz CT molecular complexity index is 996. The Morgan fingerprint density at radius 3 is 2.66 bits per heavy atom. The van der Waals surface area contributed by atoms with Gasteiger partial charge in [0.2, 0.25) is 17.6 Å². The molecule has 1 fully saturated rings. The van der Waals surface area contributed by atoms with E-state index < -0.39 is 0 Å². The lowest BCUT2D eigenvalue weighted by Gasteiger charge is -2.36. The van der Waals surface area contributed by atoms with Gasteiger partial charge in [-0.1, -0.05) is 47.1 Å². The highest BCUT2D eigenvalue weighted by Gasteiger charge is 2.22. The average Bonchev–Trinajstić information content (AvgIpc) is 3.21. The molecule has 0 N–H and O–H groups in total. The van der Waals surface area contributed by atoms with Crippen molar-refractivity contribution in [3.8, 4) is 11.4 Å². The third kappa shape index (κ3) is 4.59. The van der Waals surface area contributed by atoms with E-state index in [0.717, 1.165) is 34.9 Å². The molecule has 0 saturated carbocycles. The Balaban J connectivity index is 1.29. The molecule has 6 nitrogen and oxygen atoms in total. The number of hydrogen-bond donors (Lipinski definition) is 0. The summed E-state index contributed by atoms with van der Waals surface area (Å²) in [6.45, 7) is 5.00. The highest BCUT2D eigenvalue weighted by Crippen LogP contribution is 2.22. The summed E-state index contributed by atoms with van der Waals surface area (Å²) < 4.78 is 5.35. The summed E-state index contributed by atoms with van der Waals surface area (Å²) in [4.78, 5) is 21.2. The van der Waals surface area contributed by atoms with Crippen molar-refractivity contribution in [3.05, 3.63) is 65.0 Å². The fraction of sp³-hybridized carbons (Fsp3) is 0.318. The van der Waals surface area contributed by atoms with Crippen LogP contribution in [-0.4, -0.2) is 47.1 Å². The van der Waals surface area contributed by atoms with E-state index in [0.29, 0.717) is 37.6 Å². The van der Waals surface area contributed by atoms with Gasteiger partial charge in [-0.2, -0.15) is 4.98 Å². The minimum absolute atomic E-state index is 0.117. The number of piperazine rings is 1. The largest absolute Gasteiger partial charge is 0.368 e. The quantitative estimate of drug-likeness (QED) is 0.636. The summed E-state index contributed by atoms with van der Waals surface area (Å²) in [5, 5.41) is 4.79. The number of carbonyl (C=O) groups is 1. The van der Waals surface area contributed by atoms with Crippen LogP contribution in [0, 0.1) is 6.92 Å². The van der Waals surface area contributed by atoms with E-state index >= 15 is 0 Å². The molecule has 3 aromatic rings. The van der Waals surface area contributed by atoms with Gasteiger partial charge >= 0.3 is 0 Å². The van der Waals surface area contributed by atoms with Crippen molar-refractivity contribution in [3.63, 3.8) is 0 Å². The van der Waals surface area contributed by atoms with Crippen LogP contribution in [0.15, 0.2) is 53.1 Å². The molecule has 1 aliphatic rings. The monoisotopic (exact) mass is 410 g/mol. The van der Waals surface area contributed by atoms with Crippen molar-refractivity contribution < 1.29 is 9.32 Å². The average molecular weight is 411 g/mol. The molecule has 7 heteroatoms. The molecule has 2 aromatic carbocycles. The third-order valence-electron chi connectivity index (χ3n) is 5.21. The fourth-order valence-electron chi connectivity index (χ4n) is 3.55. The minimum atomic E-state index is 0.117. The Morgan fingerprint density at radius 1 is 1.10 bits per heavy atom. The smallest absolute Gasteiger partial charge is 0.227 e. The first-order chi connectivity index (χ1) is 14.1. The molecule has 0 unspecified atom stereocenters. The molecular formula is C22H23ClN4O2. The van der Waals surface area contributed by atoms with Crippen molar-refractivity contribution in [1.29, 1.82) is 0 Å². The topological polar surface area (TPSA) is 62.5 Å². The molecule has 2 heterocycles. The highest BCUT2D eigenvalue weighted by atomic mass is 35.5. The van der Waals surface area contributed by atoms with Crippen LogP contribution in [0.1, 0.15) is 17.9 Å². The van der Waals surface area contributed by atoms with Crippen LogP contribution < -0.4 is 4.90 Å². The Morgan fingerprint density at radius 2 is 1.90 bits per heavy atom. The Labute approximate surface area is 175 Å². The summed E-state index contributed by atoms with van der Waals surface area (Å²) >= 11 is 6.08. The molecular weight excluding hydrogens is 388 g/mol. The van der Waals surface area contributed by atoms with Gasteiger partial charge in [-0.05, 0) is 30.7 Å². The zero-order valence-electron chi connectivity index (χ0n) is 16.3. The van der Waals surface area contributed by atoms with Crippen LogP contribution in [0.2, 0.25) is 5.02 Å². The standard InChI is InChI=1S/C22H23ClN4O2/c1-16-5-2-3-8-19(16)22-24-20(29-25-22)9-10-21(28)27-13-11-26(12-14-27)18-7-4-6-17(23)15-18/h2-8,15H,9-14H2,1H3. The summed E-state index contributed by atoms with van der Waals surface area (Å²) in [5.74, 6) is 1.18. The normalized spacial score (nSPS) is 14.3. The summed E-state index contributed by atoms with van der Waals surface area (Å²) in [7, 11) is 0. The minimum Gasteiger partial charge on any atom is -0.368 e. The van der Waals surface area contributed by atoms with Gasteiger partial charge in [0, 0.05) is 55.3 Å². The molecule has 0 radical (unpaired) electrons. The van der Waals surface area contributed by atoms with E-state index in [1.807, 2.05) is 60.4 Å². The number of rotatable bonds is 5. The van der Waals surface area contributed by atoms with Gasteiger partial charge in [0.1, 0.15) is 0 Å². The third-order valence-corrected chi connectivity index (χ3v) is 5.45. The molecule has 1 aromatic heterocycles. The second-order valence-corrected chi connectivity index (χ2v) is 7.61. The van der Waals surface area contributed by atoms with Gasteiger partial charge in [-0.3, -0.25) is 4.79 Å². The molecule has 1 aliphatic heterocycles. The Hall–Kier alpha value is -2.86. The number of nitrogens with zero attached hydrogens (tertiary/aromatic N) is 4. The number of hydrogen-bond acceptors (Lipinski definition) is 5. The van der Waals surface area contributed by atoms with Crippen LogP contribution in [0.4, 0.5) is 5.69 Å². The van der Waals surface area contributed by atoms with Crippen molar-refractivity contribution in [2.75, 3.05) is 31.1 Å². The van der Waals surface area contributed by atoms with Crippen LogP contribution in [0.3, 0.4) is 0 Å². The molecule has 150 valence electrons. The molecule has 1 saturated heterocycles. The highest BCUT2D eigenvalue weighted by molar-refractivity contribution is 6.30. The van der Waals surface area contributed by atoms with Crippen molar-refractivity contribution in [2.45, 2.75) is 19.8 Å². The predicted octanol–water partition coefficient (Wildman–Crippen LogP) is 3.98. The summed E-state index contributed by atoms with van der Waals surface area (Å²) in [6.07, 6.45) is 0.818. The zero-order chi connectivity index (χ0) is 20.2. The number of aryl methyl sites for hydroxylation is 2. The van der Waals surface area contributed by atoms with E-state index in [4.69, 9.17) is 16.1 Å². The SMILES string of the molecule is Cc1ccccc1-c1noc(CCC(=O)N2CCN(c3cccc(Cl)c3)CC2)n1. The first-order valence-electron chi connectivity index (χ1n) is 9.77. The van der Waals surface area contributed by atoms with E-state index in [2.05, 4.69) is 15.0 Å². The number of halogens is 1. The fourth-order valence-corrected chi connectivity index (χ4v) is 3.73. The van der Waals surface area contributed by atoms with E-state index in [1.165, 1.54) is 0 Å². The van der Waals surface area contributed by atoms with E-state index in [-0.39, 0.29) is 5.91 Å². The van der Waals surface area contributed by atoms with Crippen molar-refractivity contribution in [1.82, 2.24) is 15.0 Å². The van der Waals surface area contributed by atoms with Crippen LogP contribution in [0.5, 0.6) is 0 Å². The van der Waals surface area contributed by atoms with E-state index in [9.17, 15) is 4.79 Å². The molecule has 0 spiro atoms. The van der Waals surface area contributed by atoms with Gasteiger partial charge in [0.15, 0.2) is 0 Å². The zero-order valence-corrected chi connectivity index (χ0v) is 17.1. The second kappa shape index (κ2) is 8.66. The predicted molar refractivity (Wildman–Crippen MR) is 113 cm³/mol. The molecule has 0 atom stereocenters. The number of carbonyl (C=O) groups excluding carboxylic acids is 1. The van der Waals surface area contributed by atoms with Gasteiger partial charge < -0.3 is 14.3 Å². The molecule has 0 aliphatic carbocycles. The molecule has 4 rings (SSSR count). The van der Waals surface area contributed by atoms with Crippen LogP contribution in [-0.2, 0) is 11.2 Å². The summed E-state index contributed by atoms with van der Waals surface area (Å²) in [6, 6.07) is 15.7. The van der Waals surface area contributed by atoms with Gasteiger partial charge in [-0.15, -0.1) is 0 Å². The maximum Gasteiger partial charge on any atom is 0.227 e. The first kappa shape index (κ1) is 19.5. The van der Waals surface area contributed by atoms with Gasteiger partial charge in [0.05, 0.1) is 0 Å². The maximum absolute atomic E-state index is 12.6. The Kier molecular flexibility index (Phi) is 5.81. The maximum atomic E-state index is 12.6. The van der Waals surface area contributed by atoms with Crippen molar-refractivity contribution >= 4 is 23.2 Å². The van der Waals surface area contributed by atoms with Crippen molar-refractivity contribution in [2.24, 2.45) is 0 Å². The van der Waals surface area contributed by atoms with Gasteiger partial charge in [-0.25, -0.2) is 0 Å². The summed E-state index contributed by atoms with van der Waals surface area (Å²) in [5.41, 5.74) is 3.14. The number of anilines is 1. The number of benzene rings is 2. The molecule has 1 amide bonds. The van der Waals surface area contributed by atoms with Crippen LogP contribution >= 0.6 is 11.6 Å². The number of aromatic nitrogens is 2. The second-order valence-electron chi connectivity index (χ2n) is 7.17. The number of amides is 1. The lowest BCUT2D eigenvalue weighted by molar-refractivity contribution is -0.131. The molecule has 0 bridgehead atoms. The van der Waals surface area contributed by atoms with Crippen LogP contribution in [0.25, 0.3) is 11.4 Å². The molecule has 29 heavy (non-hydrogen) atoms. The van der Waals surface area contributed by atoms with Gasteiger partial charge in [0.25, 0.3) is 0 Å². The lowest BCUT2D eigenvalue weighted by atomic mass is 10.1.